The molecule has 0 radical (unpaired) electrons. The van der Waals surface area contributed by atoms with Gasteiger partial charge in [0.1, 0.15) is 11.3 Å². The number of imidazole rings is 1. The number of aryl methyl sites for hydroxylation is 1. The lowest BCUT2D eigenvalue weighted by Crippen LogP contribution is -2.40. The van der Waals surface area contributed by atoms with E-state index in [4.69, 9.17) is 9.97 Å². The number of hydrogen-bond acceptors (Lipinski definition) is 6. The lowest BCUT2D eigenvalue weighted by molar-refractivity contribution is -0.124. The molecule has 0 unspecified atom stereocenters. The molecule has 3 aromatic rings. The Balaban J connectivity index is 1.44. The summed E-state index contributed by atoms with van der Waals surface area (Å²) in [6.45, 7) is 8.61. The summed E-state index contributed by atoms with van der Waals surface area (Å²) in [6.07, 6.45) is 9.98. The van der Waals surface area contributed by atoms with Crippen molar-refractivity contribution in [3.05, 3.63) is 42.0 Å². The molecule has 0 atom stereocenters. The van der Waals surface area contributed by atoms with E-state index in [0.29, 0.717) is 12.1 Å². The van der Waals surface area contributed by atoms with Gasteiger partial charge in [0.25, 0.3) is 0 Å². The zero-order chi connectivity index (χ0) is 27.2. The molecule has 8 nitrogen and oxygen atoms in total. The van der Waals surface area contributed by atoms with Crippen LogP contribution < -0.4 is 10.2 Å². The second-order valence-electron chi connectivity index (χ2n) is 11.1. The van der Waals surface area contributed by atoms with Crippen LogP contribution in [0, 0.1) is 5.92 Å². The number of nitrogens with one attached hydrogen (secondary N) is 1. The molecule has 1 N–H and O–H groups in total. The highest BCUT2D eigenvalue weighted by molar-refractivity contribution is 5.96. The molecular weight excluding hydrogens is 488 g/mol. The molecule has 1 amide bonds. The fourth-order valence-corrected chi connectivity index (χ4v) is 5.53. The molecule has 0 bridgehead atoms. The topological polar surface area (TPSA) is 83.4 Å². The highest BCUT2D eigenvalue weighted by atomic mass is 16.2. The summed E-state index contributed by atoms with van der Waals surface area (Å²) in [5.41, 5.74) is 3.17. The minimum absolute atomic E-state index is 0.0484. The molecular formula is C31H42N6O2. The molecule has 1 saturated carbocycles. The van der Waals surface area contributed by atoms with E-state index in [0.717, 1.165) is 80.2 Å². The van der Waals surface area contributed by atoms with Crippen LogP contribution in [-0.4, -0.2) is 57.3 Å². The molecule has 208 valence electrons. The van der Waals surface area contributed by atoms with Gasteiger partial charge in [-0.25, -0.2) is 9.97 Å². The average Bonchev–Trinajstić information content (AvgIpc) is 3.25. The monoisotopic (exact) mass is 530 g/mol. The maximum Gasteiger partial charge on any atom is 0.231 e. The third-order valence-electron chi connectivity index (χ3n) is 8.16. The van der Waals surface area contributed by atoms with Crippen LogP contribution in [0.4, 0.5) is 17.5 Å². The first-order valence-electron chi connectivity index (χ1n) is 14.8. The second kappa shape index (κ2) is 12.7. The summed E-state index contributed by atoms with van der Waals surface area (Å²) >= 11 is 0. The van der Waals surface area contributed by atoms with E-state index in [1.165, 1.54) is 32.4 Å². The van der Waals surface area contributed by atoms with Crippen molar-refractivity contribution in [2.75, 3.05) is 36.4 Å². The first kappa shape index (κ1) is 27.3. The van der Waals surface area contributed by atoms with Gasteiger partial charge in [0.15, 0.2) is 11.4 Å². The van der Waals surface area contributed by atoms with Crippen LogP contribution in [0.15, 0.2) is 36.4 Å². The van der Waals surface area contributed by atoms with Crippen LogP contribution in [0.1, 0.15) is 82.0 Å². The number of pyridine rings is 1. The number of benzene rings is 1. The number of aromatic nitrogens is 3. The molecule has 1 saturated heterocycles. The van der Waals surface area contributed by atoms with Crippen molar-refractivity contribution in [1.29, 1.82) is 0 Å². The molecule has 1 aliphatic carbocycles. The fourth-order valence-electron chi connectivity index (χ4n) is 5.53. The number of piperidine rings is 1. The predicted molar refractivity (Wildman–Crippen MR) is 157 cm³/mol. The predicted octanol–water partition coefficient (Wildman–Crippen LogP) is 6.19. The Labute approximate surface area is 231 Å². The molecule has 0 spiro atoms. The van der Waals surface area contributed by atoms with Gasteiger partial charge in [-0.15, -0.1) is 0 Å². The average molecular weight is 531 g/mol. The van der Waals surface area contributed by atoms with Crippen LogP contribution in [0.2, 0.25) is 0 Å². The number of anilines is 3. The summed E-state index contributed by atoms with van der Waals surface area (Å²) in [5.74, 6) is 1.84. The molecule has 2 aliphatic rings. The number of carbonyl (C=O) groups excluding carboxylic acids is 2. The number of fused-ring (bicyclic) bond motifs is 1. The Kier molecular flexibility index (Phi) is 8.91. The van der Waals surface area contributed by atoms with E-state index in [9.17, 15) is 9.59 Å². The van der Waals surface area contributed by atoms with Crippen molar-refractivity contribution in [2.45, 2.75) is 78.2 Å². The maximum atomic E-state index is 13.3. The smallest absolute Gasteiger partial charge is 0.231 e. The number of carbonyl (C=O) groups is 2. The number of Topliss-reactive ketones (excluding diaryl/α,β-unsaturated/α-hetero) is 1. The fraction of sp³-hybridized carbons (Fsp3) is 0.548. The van der Waals surface area contributed by atoms with Crippen LogP contribution in [0.5, 0.6) is 0 Å². The standard InChI is InChI=1S/C31H42N6O2/c1-3-4-21-36(30(39)25-10-8-11-25)28-17-16-27-29(34-28)37(22-9-20-35-18-6-5-7-19-35)31(33-27)32-26-14-12-24(13-15-26)23(2)38/h12-17,25H,3-11,18-22H2,1-2H3,(H,32,33). The molecule has 1 aromatic carbocycles. The Bertz CT molecular complexity index is 1270. The van der Waals surface area contributed by atoms with E-state index in [1.807, 2.05) is 41.3 Å². The van der Waals surface area contributed by atoms with Crippen LogP contribution in [0.25, 0.3) is 11.2 Å². The van der Waals surface area contributed by atoms with Crippen molar-refractivity contribution in [3.63, 3.8) is 0 Å². The van der Waals surface area contributed by atoms with E-state index in [2.05, 4.69) is 21.7 Å². The quantitative estimate of drug-likeness (QED) is 0.281. The number of amides is 1. The van der Waals surface area contributed by atoms with E-state index < -0.39 is 0 Å². The summed E-state index contributed by atoms with van der Waals surface area (Å²) in [7, 11) is 0. The summed E-state index contributed by atoms with van der Waals surface area (Å²) in [4.78, 5) is 39.5. The first-order valence-corrected chi connectivity index (χ1v) is 14.8. The number of likely N-dealkylation sites (tertiary alicyclic amines) is 1. The van der Waals surface area contributed by atoms with Crippen LogP contribution >= 0.6 is 0 Å². The Morgan fingerprint density at radius 1 is 0.949 bits per heavy atom. The van der Waals surface area contributed by atoms with Crippen LogP contribution in [-0.2, 0) is 11.3 Å². The number of rotatable bonds is 12. The van der Waals surface area contributed by atoms with Gasteiger partial charge < -0.3 is 10.2 Å². The second-order valence-corrected chi connectivity index (χ2v) is 11.1. The minimum Gasteiger partial charge on any atom is -0.326 e. The van der Waals surface area contributed by atoms with Crippen molar-refractivity contribution in [2.24, 2.45) is 5.92 Å². The minimum atomic E-state index is 0.0484. The molecule has 5 rings (SSSR count). The van der Waals surface area contributed by atoms with Gasteiger partial charge in [0, 0.05) is 30.3 Å². The van der Waals surface area contributed by atoms with Crippen molar-refractivity contribution in [3.8, 4) is 0 Å². The van der Waals surface area contributed by atoms with E-state index in [-0.39, 0.29) is 17.6 Å². The lowest BCUT2D eigenvalue weighted by Gasteiger charge is -2.31. The largest absolute Gasteiger partial charge is 0.326 e. The number of hydrogen-bond donors (Lipinski definition) is 1. The number of unbranched alkanes of at least 4 members (excludes halogenated alkanes) is 1. The van der Waals surface area contributed by atoms with E-state index >= 15 is 0 Å². The van der Waals surface area contributed by atoms with Crippen molar-refractivity contribution >= 4 is 40.3 Å². The summed E-state index contributed by atoms with van der Waals surface area (Å²) < 4.78 is 2.16. The molecule has 39 heavy (non-hydrogen) atoms. The molecule has 2 fully saturated rings. The van der Waals surface area contributed by atoms with Gasteiger partial charge >= 0.3 is 0 Å². The van der Waals surface area contributed by atoms with Gasteiger partial charge in [-0.3, -0.25) is 19.1 Å². The Hall–Kier alpha value is -3.26. The summed E-state index contributed by atoms with van der Waals surface area (Å²) in [5, 5.41) is 3.47. The highest BCUT2D eigenvalue weighted by Crippen LogP contribution is 2.31. The molecule has 2 aromatic heterocycles. The van der Waals surface area contributed by atoms with Gasteiger partial charge in [-0.1, -0.05) is 26.2 Å². The third-order valence-corrected chi connectivity index (χ3v) is 8.16. The number of nitrogens with zero attached hydrogens (tertiary/aromatic N) is 5. The summed E-state index contributed by atoms with van der Waals surface area (Å²) in [6, 6.07) is 11.4. The zero-order valence-electron chi connectivity index (χ0n) is 23.5. The third kappa shape index (κ3) is 6.49. The van der Waals surface area contributed by atoms with Gasteiger partial charge in [0.2, 0.25) is 11.9 Å². The normalized spacial score (nSPS) is 16.3. The van der Waals surface area contributed by atoms with Gasteiger partial charge in [0.05, 0.1) is 0 Å². The Morgan fingerprint density at radius 2 is 1.72 bits per heavy atom. The SMILES string of the molecule is CCCCN(C(=O)C1CCC1)c1ccc2nc(Nc3ccc(C(C)=O)cc3)n(CCCN3CCCCC3)c2n1. The highest BCUT2D eigenvalue weighted by Gasteiger charge is 2.31. The van der Waals surface area contributed by atoms with Crippen molar-refractivity contribution in [1.82, 2.24) is 19.4 Å². The molecule has 8 heteroatoms. The van der Waals surface area contributed by atoms with Crippen LogP contribution in [0.3, 0.4) is 0 Å². The Morgan fingerprint density at radius 3 is 2.38 bits per heavy atom. The van der Waals surface area contributed by atoms with Crippen molar-refractivity contribution < 1.29 is 9.59 Å². The van der Waals surface area contributed by atoms with Gasteiger partial charge in [-0.2, -0.15) is 0 Å². The molecule has 3 heterocycles. The first-order chi connectivity index (χ1) is 19.0. The zero-order valence-corrected chi connectivity index (χ0v) is 23.5. The molecule has 1 aliphatic heterocycles. The lowest BCUT2D eigenvalue weighted by atomic mass is 9.84. The maximum absolute atomic E-state index is 13.3. The number of ketones is 1. The van der Waals surface area contributed by atoms with Gasteiger partial charge in [-0.05, 0) is 101 Å². The van der Waals surface area contributed by atoms with E-state index in [1.54, 1.807) is 6.92 Å².